The fraction of sp³-hybridized carbons (Fsp3) is 0.263. The SMILES string of the molecule is C/C(CC(C)(C)c1ccccc1)=N/NC(=O)c1ccc(Cl)cc1Cl. The molecule has 2 aromatic carbocycles. The first-order chi connectivity index (χ1) is 11.3. The molecule has 24 heavy (non-hydrogen) atoms. The molecule has 0 atom stereocenters. The molecule has 0 saturated heterocycles. The lowest BCUT2D eigenvalue weighted by atomic mass is 9.80. The minimum absolute atomic E-state index is 0.0719. The number of amides is 1. The summed E-state index contributed by atoms with van der Waals surface area (Å²) in [6.45, 7) is 6.20. The Hall–Kier alpha value is -1.84. The van der Waals surface area contributed by atoms with Crippen molar-refractivity contribution < 1.29 is 4.79 Å². The number of benzene rings is 2. The standard InChI is InChI=1S/C19H20Cl2N2O/c1-13(12-19(2,3)14-7-5-4-6-8-14)22-23-18(24)16-10-9-15(20)11-17(16)21/h4-11H,12H2,1-3H3,(H,23,24)/b22-13-. The minimum atomic E-state index is -0.353. The van der Waals surface area contributed by atoms with E-state index >= 15 is 0 Å². The first kappa shape index (κ1) is 18.5. The van der Waals surface area contributed by atoms with E-state index in [0.717, 1.165) is 12.1 Å². The molecule has 1 N–H and O–H groups in total. The summed E-state index contributed by atoms with van der Waals surface area (Å²) in [5.41, 5.74) is 4.89. The van der Waals surface area contributed by atoms with E-state index in [2.05, 4.69) is 36.5 Å². The normalized spacial score (nSPS) is 12.1. The predicted octanol–water partition coefficient (Wildman–Crippen LogP) is 5.47. The molecule has 0 bridgehead atoms. The van der Waals surface area contributed by atoms with Crippen molar-refractivity contribution in [1.82, 2.24) is 5.43 Å². The third-order valence-corrected chi connectivity index (χ3v) is 4.32. The second-order valence-corrected chi connectivity index (χ2v) is 7.18. The van der Waals surface area contributed by atoms with Crippen molar-refractivity contribution in [2.24, 2.45) is 5.10 Å². The summed E-state index contributed by atoms with van der Waals surface area (Å²) in [7, 11) is 0. The molecule has 0 aliphatic rings. The lowest BCUT2D eigenvalue weighted by Crippen LogP contribution is -2.24. The van der Waals surface area contributed by atoms with Crippen molar-refractivity contribution in [2.45, 2.75) is 32.6 Å². The summed E-state index contributed by atoms with van der Waals surface area (Å²) in [6.07, 6.45) is 0.728. The fourth-order valence-corrected chi connectivity index (χ4v) is 3.04. The Balaban J connectivity index is 2.04. The largest absolute Gasteiger partial charge is 0.272 e. The molecular weight excluding hydrogens is 343 g/mol. The van der Waals surface area contributed by atoms with Gasteiger partial charge in [0.2, 0.25) is 0 Å². The highest BCUT2D eigenvalue weighted by molar-refractivity contribution is 6.36. The van der Waals surface area contributed by atoms with E-state index in [9.17, 15) is 4.79 Å². The van der Waals surface area contributed by atoms with Gasteiger partial charge in [0.05, 0.1) is 10.6 Å². The molecule has 0 aliphatic carbocycles. The third kappa shape index (κ3) is 4.83. The molecule has 0 aliphatic heterocycles. The van der Waals surface area contributed by atoms with Crippen LogP contribution >= 0.6 is 23.2 Å². The van der Waals surface area contributed by atoms with E-state index in [4.69, 9.17) is 23.2 Å². The smallest absolute Gasteiger partial charge is 0.267 e. The van der Waals surface area contributed by atoms with Gasteiger partial charge in [-0.15, -0.1) is 0 Å². The van der Waals surface area contributed by atoms with Crippen LogP contribution in [-0.4, -0.2) is 11.6 Å². The zero-order chi connectivity index (χ0) is 17.7. The highest BCUT2D eigenvalue weighted by Gasteiger charge is 2.21. The molecule has 0 spiro atoms. The van der Waals surface area contributed by atoms with Crippen LogP contribution in [-0.2, 0) is 5.41 Å². The van der Waals surface area contributed by atoms with Crippen molar-refractivity contribution in [1.29, 1.82) is 0 Å². The van der Waals surface area contributed by atoms with Crippen LogP contribution in [0, 0.1) is 0 Å². The van der Waals surface area contributed by atoms with Gasteiger partial charge in [0.25, 0.3) is 5.91 Å². The van der Waals surface area contributed by atoms with Gasteiger partial charge in [0.1, 0.15) is 0 Å². The number of nitrogens with zero attached hydrogens (tertiary/aromatic N) is 1. The predicted molar refractivity (Wildman–Crippen MR) is 101 cm³/mol. The summed E-state index contributed by atoms with van der Waals surface area (Å²) in [5, 5.41) is 4.99. The van der Waals surface area contributed by atoms with Crippen LogP contribution in [0.4, 0.5) is 0 Å². The van der Waals surface area contributed by atoms with Gasteiger partial charge in [0, 0.05) is 10.7 Å². The van der Waals surface area contributed by atoms with Gasteiger partial charge in [-0.1, -0.05) is 67.4 Å². The van der Waals surface area contributed by atoms with E-state index in [-0.39, 0.29) is 11.3 Å². The van der Waals surface area contributed by atoms with Crippen LogP contribution < -0.4 is 5.43 Å². The summed E-state index contributed by atoms with van der Waals surface area (Å²) >= 11 is 11.9. The highest BCUT2D eigenvalue weighted by Crippen LogP contribution is 2.27. The van der Waals surface area contributed by atoms with Crippen LogP contribution in [0.25, 0.3) is 0 Å². The molecule has 0 radical (unpaired) electrons. The Labute approximate surface area is 152 Å². The van der Waals surface area contributed by atoms with Crippen molar-refractivity contribution in [3.63, 3.8) is 0 Å². The Kier molecular flexibility index (Phi) is 6.03. The van der Waals surface area contributed by atoms with E-state index in [1.807, 2.05) is 25.1 Å². The van der Waals surface area contributed by atoms with Crippen molar-refractivity contribution >= 4 is 34.8 Å². The zero-order valence-electron chi connectivity index (χ0n) is 13.9. The monoisotopic (exact) mass is 362 g/mol. The van der Waals surface area contributed by atoms with Gasteiger partial charge in [-0.25, -0.2) is 5.43 Å². The zero-order valence-corrected chi connectivity index (χ0v) is 15.4. The van der Waals surface area contributed by atoms with Crippen LogP contribution in [0.3, 0.4) is 0 Å². The second-order valence-electron chi connectivity index (χ2n) is 6.34. The number of nitrogens with one attached hydrogen (secondary N) is 1. The topological polar surface area (TPSA) is 41.5 Å². The molecule has 0 unspecified atom stereocenters. The number of hydrazone groups is 1. The molecule has 1 amide bonds. The number of halogens is 2. The molecular formula is C19H20Cl2N2O. The first-order valence-electron chi connectivity index (χ1n) is 7.64. The Bertz CT molecular complexity index is 755. The van der Waals surface area contributed by atoms with E-state index in [0.29, 0.717) is 15.6 Å². The molecule has 2 aromatic rings. The molecule has 0 aromatic heterocycles. The molecule has 0 heterocycles. The summed E-state index contributed by atoms with van der Waals surface area (Å²) in [6, 6.07) is 15.0. The van der Waals surface area contributed by atoms with Crippen molar-refractivity contribution in [3.05, 3.63) is 69.7 Å². The van der Waals surface area contributed by atoms with E-state index < -0.39 is 0 Å². The Morgan fingerprint density at radius 3 is 2.42 bits per heavy atom. The quantitative estimate of drug-likeness (QED) is 0.556. The average molecular weight is 363 g/mol. The lowest BCUT2D eigenvalue weighted by molar-refractivity contribution is 0.0954. The van der Waals surface area contributed by atoms with E-state index in [1.54, 1.807) is 12.1 Å². The first-order valence-corrected chi connectivity index (χ1v) is 8.39. The van der Waals surface area contributed by atoms with Crippen molar-refractivity contribution in [2.75, 3.05) is 0 Å². The van der Waals surface area contributed by atoms with Gasteiger partial charge >= 0.3 is 0 Å². The van der Waals surface area contributed by atoms with Crippen LogP contribution in [0.5, 0.6) is 0 Å². The van der Waals surface area contributed by atoms with Gasteiger partial charge in [-0.3, -0.25) is 4.79 Å². The second kappa shape index (κ2) is 7.82. The molecule has 5 heteroatoms. The summed E-state index contributed by atoms with van der Waals surface area (Å²) in [4.78, 5) is 12.2. The van der Waals surface area contributed by atoms with Crippen LogP contribution in [0.15, 0.2) is 53.6 Å². The maximum Gasteiger partial charge on any atom is 0.272 e. The maximum atomic E-state index is 12.2. The summed E-state index contributed by atoms with van der Waals surface area (Å²) < 4.78 is 0. The van der Waals surface area contributed by atoms with Crippen LogP contribution in [0.2, 0.25) is 10.0 Å². The maximum absolute atomic E-state index is 12.2. The Morgan fingerprint density at radius 1 is 1.12 bits per heavy atom. The van der Waals surface area contributed by atoms with E-state index in [1.165, 1.54) is 11.6 Å². The molecule has 3 nitrogen and oxygen atoms in total. The number of carbonyl (C=O) groups excluding carboxylic acids is 1. The van der Waals surface area contributed by atoms with Crippen LogP contribution in [0.1, 0.15) is 43.1 Å². The average Bonchev–Trinajstić information content (AvgIpc) is 2.53. The van der Waals surface area contributed by atoms with Gasteiger partial charge in [0.15, 0.2) is 0 Å². The highest BCUT2D eigenvalue weighted by atomic mass is 35.5. The van der Waals surface area contributed by atoms with Crippen molar-refractivity contribution in [3.8, 4) is 0 Å². The molecule has 0 saturated carbocycles. The molecule has 126 valence electrons. The third-order valence-electron chi connectivity index (χ3n) is 3.78. The number of hydrogen-bond donors (Lipinski definition) is 1. The number of carbonyl (C=O) groups is 1. The fourth-order valence-electron chi connectivity index (χ4n) is 2.55. The number of rotatable bonds is 5. The molecule has 2 rings (SSSR count). The summed E-state index contributed by atoms with van der Waals surface area (Å²) in [5.74, 6) is -0.353. The van der Waals surface area contributed by atoms with Gasteiger partial charge in [-0.05, 0) is 42.5 Å². The van der Waals surface area contributed by atoms with Gasteiger partial charge < -0.3 is 0 Å². The lowest BCUT2D eigenvalue weighted by Gasteiger charge is -2.25. The number of hydrogen-bond acceptors (Lipinski definition) is 2. The molecule has 0 fully saturated rings. The van der Waals surface area contributed by atoms with Gasteiger partial charge in [-0.2, -0.15) is 5.10 Å². The minimum Gasteiger partial charge on any atom is -0.267 e. The Morgan fingerprint density at radius 2 is 1.79 bits per heavy atom.